The Morgan fingerprint density at radius 1 is 1.25 bits per heavy atom. The molecule has 1 aromatic carbocycles. The minimum atomic E-state index is -0.495. The molecule has 0 spiro atoms. The van der Waals surface area contributed by atoms with Crippen molar-refractivity contribution in [2.24, 2.45) is 0 Å². The van der Waals surface area contributed by atoms with Crippen molar-refractivity contribution in [3.05, 3.63) is 35.9 Å². The molecule has 1 aromatic rings. The van der Waals surface area contributed by atoms with Gasteiger partial charge in [0.1, 0.15) is 0 Å². The molecule has 1 saturated heterocycles. The van der Waals surface area contributed by atoms with Crippen LogP contribution in [-0.2, 0) is 11.3 Å². The molecule has 2 unspecified atom stereocenters. The van der Waals surface area contributed by atoms with Crippen LogP contribution in [0.2, 0.25) is 0 Å². The summed E-state index contributed by atoms with van der Waals surface area (Å²) in [6.45, 7) is 2.59. The van der Waals surface area contributed by atoms with Crippen LogP contribution < -0.4 is 0 Å². The second-order valence-corrected chi connectivity index (χ2v) is 5.48. The third-order valence-corrected chi connectivity index (χ3v) is 3.83. The van der Waals surface area contributed by atoms with E-state index in [1.807, 2.05) is 30.3 Å². The van der Waals surface area contributed by atoms with Crippen molar-refractivity contribution in [1.29, 1.82) is 0 Å². The molecule has 0 bridgehead atoms. The molecule has 1 fully saturated rings. The lowest BCUT2D eigenvalue weighted by Crippen LogP contribution is -2.46. The number of piperidine rings is 1. The lowest BCUT2D eigenvalue weighted by atomic mass is 10.0. The molecule has 2 rings (SSSR count). The second-order valence-electron chi connectivity index (χ2n) is 5.48. The summed E-state index contributed by atoms with van der Waals surface area (Å²) in [6.07, 6.45) is 2.84. The third kappa shape index (κ3) is 4.87. The highest BCUT2D eigenvalue weighted by Crippen LogP contribution is 2.16. The number of aliphatic hydroxyl groups is 2. The maximum atomic E-state index is 10.0. The SMILES string of the molecule is OCC1CCCCN1CC(O)COCc1ccccc1. The van der Waals surface area contributed by atoms with Gasteiger partial charge in [0.25, 0.3) is 0 Å². The van der Waals surface area contributed by atoms with Crippen LogP contribution in [0.1, 0.15) is 24.8 Å². The maximum absolute atomic E-state index is 10.0. The molecule has 2 N–H and O–H groups in total. The number of likely N-dealkylation sites (tertiary alicyclic amines) is 1. The number of aliphatic hydroxyl groups excluding tert-OH is 2. The molecule has 1 aliphatic heterocycles. The highest BCUT2D eigenvalue weighted by Gasteiger charge is 2.23. The fraction of sp³-hybridized carbons (Fsp3) is 0.625. The Labute approximate surface area is 121 Å². The van der Waals surface area contributed by atoms with Gasteiger partial charge in [-0.1, -0.05) is 36.8 Å². The van der Waals surface area contributed by atoms with Crippen LogP contribution in [0.3, 0.4) is 0 Å². The van der Waals surface area contributed by atoms with Crippen LogP contribution in [0.15, 0.2) is 30.3 Å². The van der Waals surface area contributed by atoms with Gasteiger partial charge >= 0.3 is 0 Å². The first-order chi connectivity index (χ1) is 9.79. The van der Waals surface area contributed by atoms with Gasteiger partial charge < -0.3 is 14.9 Å². The first kappa shape index (κ1) is 15.4. The van der Waals surface area contributed by atoms with Crippen LogP contribution in [0.25, 0.3) is 0 Å². The molecular formula is C16H25NO3. The number of nitrogens with zero attached hydrogens (tertiary/aromatic N) is 1. The molecule has 112 valence electrons. The Balaban J connectivity index is 1.68. The van der Waals surface area contributed by atoms with E-state index in [2.05, 4.69) is 4.90 Å². The van der Waals surface area contributed by atoms with Crippen LogP contribution in [0.5, 0.6) is 0 Å². The first-order valence-corrected chi connectivity index (χ1v) is 7.44. The summed E-state index contributed by atoms with van der Waals surface area (Å²) in [4.78, 5) is 2.18. The van der Waals surface area contributed by atoms with Crippen LogP contribution >= 0.6 is 0 Å². The van der Waals surface area contributed by atoms with Gasteiger partial charge in [-0.05, 0) is 24.9 Å². The number of hydrogen-bond acceptors (Lipinski definition) is 4. The lowest BCUT2D eigenvalue weighted by Gasteiger charge is -2.35. The van der Waals surface area contributed by atoms with Crippen LogP contribution in [0.4, 0.5) is 0 Å². The molecule has 0 amide bonds. The number of benzene rings is 1. The zero-order valence-corrected chi connectivity index (χ0v) is 11.9. The predicted molar refractivity (Wildman–Crippen MR) is 78.4 cm³/mol. The molecule has 0 radical (unpaired) electrons. The largest absolute Gasteiger partial charge is 0.395 e. The van der Waals surface area contributed by atoms with Crippen molar-refractivity contribution in [3.8, 4) is 0 Å². The van der Waals surface area contributed by atoms with Gasteiger partial charge in [0, 0.05) is 12.6 Å². The fourth-order valence-electron chi connectivity index (χ4n) is 2.72. The number of rotatable bonds is 7. The van der Waals surface area contributed by atoms with Gasteiger partial charge in [0.15, 0.2) is 0 Å². The Morgan fingerprint density at radius 3 is 2.80 bits per heavy atom. The summed E-state index contributed by atoms with van der Waals surface area (Å²) in [6, 6.07) is 10.2. The Bertz CT molecular complexity index is 371. The van der Waals surface area contributed by atoms with E-state index in [0.717, 1.165) is 24.9 Å². The van der Waals surface area contributed by atoms with E-state index in [-0.39, 0.29) is 12.6 Å². The molecule has 1 heterocycles. The van der Waals surface area contributed by atoms with Gasteiger partial charge in [-0.2, -0.15) is 0 Å². The standard InChI is InChI=1S/C16H25NO3/c18-11-15-8-4-5-9-17(15)10-16(19)13-20-12-14-6-2-1-3-7-14/h1-3,6-7,15-16,18-19H,4-5,8-13H2. The summed E-state index contributed by atoms with van der Waals surface area (Å²) >= 11 is 0. The van der Waals surface area contributed by atoms with Crippen LogP contribution in [-0.4, -0.2) is 53.6 Å². The molecule has 20 heavy (non-hydrogen) atoms. The number of hydrogen-bond donors (Lipinski definition) is 2. The molecule has 1 aliphatic rings. The molecule has 0 aliphatic carbocycles. The van der Waals surface area contributed by atoms with Crippen molar-refractivity contribution >= 4 is 0 Å². The molecule has 2 atom stereocenters. The van der Waals surface area contributed by atoms with Gasteiger partial charge in [0.05, 0.1) is 25.9 Å². The Kier molecular flexibility index (Phi) is 6.47. The fourth-order valence-corrected chi connectivity index (χ4v) is 2.72. The number of ether oxygens (including phenoxy) is 1. The molecule has 0 aromatic heterocycles. The summed E-state index contributed by atoms with van der Waals surface area (Å²) in [5.41, 5.74) is 1.12. The van der Waals surface area contributed by atoms with E-state index in [4.69, 9.17) is 4.74 Å². The average molecular weight is 279 g/mol. The summed E-state index contributed by atoms with van der Waals surface area (Å²) < 4.78 is 5.55. The monoisotopic (exact) mass is 279 g/mol. The highest BCUT2D eigenvalue weighted by molar-refractivity contribution is 5.13. The quantitative estimate of drug-likeness (QED) is 0.792. The zero-order chi connectivity index (χ0) is 14.2. The second kappa shape index (κ2) is 8.37. The highest BCUT2D eigenvalue weighted by atomic mass is 16.5. The van der Waals surface area contributed by atoms with Crippen molar-refractivity contribution in [2.75, 3.05) is 26.3 Å². The minimum absolute atomic E-state index is 0.178. The smallest absolute Gasteiger partial charge is 0.0900 e. The van der Waals surface area contributed by atoms with E-state index >= 15 is 0 Å². The van der Waals surface area contributed by atoms with Gasteiger partial charge in [-0.25, -0.2) is 0 Å². The average Bonchev–Trinajstić information content (AvgIpc) is 2.49. The van der Waals surface area contributed by atoms with Gasteiger partial charge in [0.2, 0.25) is 0 Å². The Hall–Kier alpha value is -0.940. The van der Waals surface area contributed by atoms with Crippen molar-refractivity contribution in [2.45, 2.75) is 38.0 Å². The molecule has 4 nitrogen and oxygen atoms in total. The molecule has 4 heteroatoms. The van der Waals surface area contributed by atoms with E-state index in [1.165, 1.54) is 6.42 Å². The normalized spacial score (nSPS) is 21.8. The zero-order valence-electron chi connectivity index (χ0n) is 11.9. The van der Waals surface area contributed by atoms with Crippen molar-refractivity contribution in [1.82, 2.24) is 4.90 Å². The van der Waals surface area contributed by atoms with E-state index < -0.39 is 6.10 Å². The number of β-amino-alcohol motifs (C(OH)–C–C–N with tert-alkyl or cyclic N) is 1. The predicted octanol–water partition coefficient (Wildman–Crippen LogP) is 1.41. The Morgan fingerprint density at radius 2 is 2.05 bits per heavy atom. The maximum Gasteiger partial charge on any atom is 0.0900 e. The first-order valence-electron chi connectivity index (χ1n) is 7.44. The molecule has 0 saturated carbocycles. The van der Waals surface area contributed by atoms with E-state index in [1.54, 1.807) is 0 Å². The van der Waals surface area contributed by atoms with Crippen LogP contribution in [0, 0.1) is 0 Å². The topological polar surface area (TPSA) is 52.9 Å². The lowest BCUT2D eigenvalue weighted by molar-refractivity contribution is -0.0106. The third-order valence-electron chi connectivity index (χ3n) is 3.83. The van der Waals surface area contributed by atoms with Gasteiger partial charge in [-0.15, -0.1) is 0 Å². The molecular weight excluding hydrogens is 254 g/mol. The van der Waals surface area contributed by atoms with Crippen molar-refractivity contribution < 1.29 is 14.9 Å². The minimum Gasteiger partial charge on any atom is -0.395 e. The summed E-state index contributed by atoms with van der Waals surface area (Å²) in [7, 11) is 0. The van der Waals surface area contributed by atoms with Crippen molar-refractivity contribution in [3.63, 3.8) is 0 Å². The van der Waals surface area contributed by atoms with Gasteiger partial charge in [-0.3, -0.25) is 4.90 Å². The van der Waals surface area contributed by atoms with E-state index in [9.17, 15) is 10.2 Å². The van der Waals surface area contributed by atoms with E-state index in [0.29, 0.717) is 19.8 Å². The summed E-state index contributed by atoms with van der Waals surface area (Å²) in [5.74, 6) is 0. The summed E-state index contributed by atoms with van der Waals surface area (Å²) in [5, 5.41) is 19.4.